The highest BCUT2D eigenvalue weighted by molar-refractivity contribution is 7.15. The zero-order valence-electron chi connectivity index (χ0n) is 28.8. The molecule has 0 amide bonds. The van der Waals surface area contributed by atoms with Gasteiger partial charge in [0.1, 0.15) is 29.8 Å². The highest BCUT2D eigenvalue weighted by Gasteiger charge is 2.48. The molecule has 2 aromatic heterocycles. The molecule has 3 rings (SSSR count). The molecule has 1 aromatic carbocycles. The molecular weight excluding hydrogens is 620 g/mol. The van der Waals surface area contributed by atoms with Crippen LogP contribution in [0.3, 0.4) is 0 Å². The molecule has 5 unspecified atom stereocenters. The molecule has 0 aliphatic heterocycles. The van der Waals surface area contributed by atoms with Crippen molar-refractivity contribution < 1.29 is 39.1 Å². The molecule has 0 radical (unpaired) electrons. The van der Waals surface area contributed by atoms with Gasteiger partial charge in [-0.2, -0.15) is 0 Å². The van der Waals surface area contributed by atoms with Crippen LogP contribution >= 0.6 is 11.3 Å². The predicted molar refractivity (Wildman–Crippen MR) is 186 cm³/mol. The van der Waals surface area contributed by atoms with Crippen LogP contribution in [-0.4, -0.2) is 75.1 Å². The molecule has 11 heteroatoms. The van der Waals surface area contributed by atoms with Gasteiger partial charge in [0.05, 0.1) is 35.2 Å². The van der Waals surface area contributed by atoms with E-state index in [0.717, 1.165) is 22.4 Å². The fourth-order valence-electron chi connectivity index (χ4n) is 5.55. The maximum absolute atomic E-state index is 13.0. The van der Waals surface area contributed by atoms with Crippen LogP contribution in [-0.2, 0) is 16.0 Å². The van der Waals surface area contributed by atoms with Crippen molar-refractivity contribution in [3.05, 3.63) is 41.3 Å². The van der Waals surface area contributed by atoms with Crippen molar-refractivity contribution in [2.24, 2.45) is 16.9 Å². The first kappa shape index (κ1) is 38.9. The number of esters is 1. The number of thiophene rings is 1. The fraction of sp³-hybridized carbons (Fsp3) is 0.639. The van der Waals surface area contributed by atoms with Gasteiger partial charge in [-0.25, -0.2) is 0 Å². The van der Waals surface area contributed by atoms with Gasteiger partial charge in [0.15, 0.2) is 0 Å². The molecular formula is C36H56N2O8S. The van der Waals surface area contributed by atoms with E-state index in [1.54, 1.807) is 44.2 Å². The van der Waals surface area contributed by atoms with Crippen molar-refractivity contribution in [1.29, 1.82) is 0 Å². The standard InChI is InChI=1S/C36H56N2O8S/c1-7-8-9-11-25-15-16-32(47-25)31-18-23-13-14-24(19-30(23)46-31)45-21-29(42)28(41)20-27(40)26(39)12-10-17-44-33(43)36(6,35(4,5)38)22-34(2,3)37/h13-16,18-19,26-29,39-42H,7-12,17,20-22,37-38H2,1-6H3. The first-order valence-electron chi connectivity index (χ1n) is 16.7. The van der Waals surface area contributed by atoms with Crippen molar-refractivity contribution in [1.82, 2.24) is 0 Å². The van der Waals surface area contributed by atoms with Gasteiger partial charge in [0.25, 0.3) is 0 Å². The zero-order chi connectivity index (χ0) is 35.0. The number of rotatable bonds is 20. The van der Waals surface area contributed by atoms with Crippen molar-refractivity contribution >= 4 is 28.3 Å². The van der Waals surface area contributed by atoms with Crippen molar-refractivity contribution in [2.45, 2.75) is 128 Å². The molecule has 5 atom stereocenters. The van der Waals surface area contributed by atoms with E-state index in [2.05, 4.69) is 19.1 Å². The van der Waals surface area contributed by atoms with E-state index in [1.807, 2.05) is 26.0 Å². The van der Waals surface area contributed by atoms with Gasteiger partial charge in [0, 0.05) is 33.8 Å². The number of carbonyl (C=O) groups excluding carboxylic acids is 1. The Balaban J connectivity index is 1.44. The van der Waals surface area contributed by atoms with E-state index in [4.69, 9.17) is 25.4 Å². The number of ether oxygens (including phenoxy) is 2. The Morgan fingerprint density at radius 1 is 0.915 bits per heavy atom. The molecule has 0 aliphatic carbocycles. The Kier molecular flexibility index (Phi) is 13.9. The monoisotopic (exact) mass is 676 g/mol. The molecule has 0 saturated carbocycles. The zero-order valence-corrected chi connectivity index (χ0v) is 29.6. The van der Waals surface area contributed by atoms with Crippen LogP contribution in [0.2, 0.25) is 0 Å². The maximum Gasteiger partial charge on any atom is 0.313 e. The van der Waals surface area contributed by atoms with Crippen molar-refractivity contribution in [3.63, 3.8) is 0 Å². The Hall–Kier alpha value is -2.51. The molecule has 264 valence electrons. The summed E-state index contributed by atoms with van der Waals surface area (Å²) in [5.41, 5.74) is 10.6. The molecule has 47 heavy (non-hydrogen) atoms. The van der Waals surface area contributed by atoms with Gasteiger partial charge >= 0.3 is 5.97 Å². The molecule has 0 bridgehead atoms. The highest BCUT2D eigenvalue weighted by atomic mass is 32.1. The van der Waals surface area contributed by atoms with Gasteiger partial charge in [-0.15, -0.1) is 11.3 Å². The minimum Gasteiger partial charge on any atom is -0.491 e. The van der Waals surface area contributed by atoms with Crippen LogP contribution in [0, 0.1) is 5.41 Å². The summed E-state index contributed by atoms with van der Waals surface area (Å²) < 4.78 is 17.3. The second kappa shape index (κ2) is 16.7. The Morgan fingerprint density at radius 3 is 2.28 bits per heavy atom. The number of aryl methyl sites for hydroxylation is 1. The average Bonchev–Trinajstić information content (AvgIpc) is 3.63. The fourth-order valence-corrected chi connectivity index (χ4v) is 6.56. The number of aliphatic hydroxyl groups is 4. The van der Waals surface area contributed by atoms with Gasteiger partial charge in [-0.3, -0.25) is 4.79 Å². The molecule has 8 N–H and O–H groups in total. The van der Waals surface area contributed by atoms with Gasteiger partial charge in [-0.1, -0.05) is 19.8 Å². The summed E-state index contributed by atoms with van der Waals surface area (Å²) >= 11 is 1.74. The number of hydrogen-bond donors (Lipinski definition) is 6. The lowest BCUT2D eigenvalue weighted by Crippen LogP contribution is -2.58. The van der Waals surface area contributed by atoms with Crippen LogP contribution in [0.4, 0.5) is 0 Å². The van der Waals surface area contributed by atoms with Crippen LogP contribution in [0.5, 0.6) is 5.75 Å². The van der Waals surface area contributed by atoms with E-state index in [0.29, 0.717) is 17.8 Å². The average molecular weight is 677 g/mol. The number of nitrogens with two attached hydrogens (primary N) is 2. The smallest absolute Gasteiger partial charge is 0.313 e. The normalized spacial score (nSPS) is 16.4. The second-order valence-corrected chi connectivity index (χ2v) is 15.5. The van der Waals surface area contributed by atoms with Gasteiger partial charge in [-0.05, 0) is 97.1 Å². The molecule has 0 aliphatic rings. The van der Waals surface area contributed by atoms with E-state index in [1.165, 1.54) is 24.1 Å². The summed E-state index contributed by atoms with van der Waals surface area (Å²) in [5, 5.41) is 42.8. The molecule has 0 fully saturated rings. The number of aliphatic hydroxyl groups excluding tert-OH is 4. The maximum atomic E-state index is 13.0. The third-order valence-electron chi connectivity index (χ3n) is 8.77. The number of hydrogen-bond acceptors (Lipinski definition) is 11. The summed E-state index contributed by atoms with van der Waals surface area (Å²) in [4.78, 5) is 15.4. The topological polar surface area (TPSA) is 182 Å². The molecule has 2 heterocycles. The van der Waals surface area contributed by atoms with Crippen molar-refractivity contribution in [2.75, 3.05) is 13.2 Å². The number of carbonyl (C=O) groups is 1. The lowest BCUT2D eigenvalue weighted by molar-refractivity contribution is -0.160. The van der Waals surface area contributed by atoms with Crippen molar-refractivity contribution in [3.8, 4) is 16.4 Å². The van der Waals surface area contributed by atoms with E-state index in [9.17, 15) is 25.2 Å². The third kappa shape index (κ3) is 11.3. The van der Waals surface area contributed by atoms with Crippen LogP contribution < -0.4 is 16.2 Å². The predicted octanol–water partition coefficient (Wildman–Crippen LogP) is 5.30. The summed E-state index contributed by atoms with van der Waals surface area (Å²) in [5.74, 6) is 0.784. The lowest BCUT2D eigenvalue weighted by Gasteiger charge is -2.42. The first-order chi connectivity index (χ1) is 21.9. The SMILES string of the molecule is CCCCCc1ccc(-c2cc3ccc(OCC(O)C(O)CC(O)C(O)CCCOC(=O)C(C)(CC(C)(C)N)C(C)(C)N)cc3o2)s1. The summed E-state index contributed by atoms with van der Waals surface area (Å²) in [6.45, 7) is 10.9. The summed E-state index contributed by atoms with van der Waals surface area (Å²) in [6, 6.07) is 11.6. The minimum absolute atomic E-state index is 0.0210. The first-order valence-corrected chi connectivity index (χ1v) is 17.5. The summed E-state index contributed by atoms with van der Waals surface area (Å²) in [7, 11) is 0. The second-order valence-electron chi connectivity index (χ2n) is 14.3. The Labute approximate surface area is 283 Å². The number of unbranched alkanes of at least 4 members (excludes halogenated alkanes) is 2. The number of fused-ring (bicyclic) bond motifs is 1. The Morgan fingerprint density at radius 2 is 1.62 bits per heavy atom. The van der Waals surface area contributed by atoms with E-state index in [-0.39, 0.29) is 32.5 Å². The van der Waals surface area contributed by atoms with Gasteiger partial charge in [0.2, 0.25) is 0 Å². The van der Waals surface area contributed by atoms with E-state index < -0.39 is 46.9 Å². The lowest BCUT2D eigenvalue weighted by atomic mass is 9.67. The third-order valence-corrected chi connectivity index (χ3v) is 9.93. The molecule has 3 aromatic rings. The number of furan rings is 1. The molecule has 10 nitrogen and oxygen atoms in total. The Bertz CT molecular complexity index is 1410. The van der Waals surface area contributed by atoms with E-state index >= 15 is 0 Å². The largest absolute Gasteiger partial charge is 0.491 e. The highest BCUT2D eigenvalue weighted by Crippen LogP contribution is 2.38. The summed E-state index contributed by atoms with van der Waals surface area (Å²) in [6.07, 6.45) is -0.0144. The quantitative estimate of drug-likeness (QED) is 0.0679. The van der Waals surface area contributed by atoms with Crippen LogP contribution in [0.1, 0.15) is 91.4 Å². The van der Waals surface area contributed by atoms with Crippen LogP contribution in [0.25, 0.3) is 21.6 Å². The molecule has 0 spiro atoms. The van der Waals surface area contributed by atoms with Crippen LogP contribution in [0.15, 0.2) is 40.8 Å². The minimum atomic E-state index is -1.34. The molecule has 0 saturated heterocycles. The number of benzene rings is 1. The van der Waals surface area contributed by atoms with Gasteiger partial charge < -0.3 is 45.8 Å².